The first kappa shape index (κ1) is 18.8. The van der Waals surface area contributed by atoms with Crippen molar-refractivity contribution in [2.24, 2.45) is 0 Å². The highest BCUT2D eigenvalue weighted by Gasteiger charge is 2.30. The van der Waals surface area contributed by atoms with Crippen LogP contribution in [0.15, 0.2) is 36.4 Å². The van der Waals surface area contributed by atoms with Crippen LogP contribution in [-0.4, -0.2) is 16.7 Å². The molecule has 0 aliphatic rings. The lowest BCUT2D eigenvalue weighted by Gasteiger charge is -2.20. The van der Waals surface area contributed by atoms with Crippen molar-refractivity contribution in [1.29, 1.82) is 0 Å². The number of rotatable bonds is 2. The Kier molecular flexibility index (Phi) is 5.06. The fraction of sp³-hybridized carbons (Fsp3) is 0.333. The molecule has 1 aromatic heterocycles. The summed E-state index contributed by atoms with van der Waals surface area (Å²) in [4.78, 5) is 16.1. The Morgan fingerprint density at radius 2 is 1.64 bits per heavy atom. The van der Waals surface area contributed by atoms with Gasteiger partial charge >= 0.3 is 12.3 Å². The summed E-state index contributed by atoms with van der Waals surface area (Å²) in [5.74, 6) is 0. The van der Waals surface area contributed by atoms with Crippen LogP contribution in [0.5, 0.6) is 0 Å². The second-order valence-electron chi connectivity index (χ2n) is 6.53. The van der Waals surface area contributed by atoms with Gasteiger partial charge in [0.15, 0.2) is 0 Å². The van der Waals surface area contributed by atoms with Gasteiger partial charge in [0, 0.05) is 5.56 Å². The lowest BCUT2D eigenvalue weighted by atomic mass is 10.1. The largest absolute Gasteiger partial charge is 0.444 e. The van der Waals surface area contributed by atoms with E-state index in [2.05, 4.69) is 10.3 Å². The van der Waals surface area contributed by atoms with E-state index in [0.29, 0.717) is 22.6 Å². The summed E-state index contributed by atoms with van der Waals surface area (Å²) in [5, 5.41) is 2.60. The predicted molar refractivity (Wildman–Crippen MR) is 89.3 cm³/mol. The number of aryl methyl sites for hydroxylation is 1. The van der Waals surface area contributed by atoms with Crippen molar-refractivity contribution in [3.63, 3.8) is 0 Å². The molecule has 0 saturated heterocycles. The molecule has 1 heterocycles. The van der Waals surface area contributed by atoms with Crippen molar-refractivity contribution in [2.45, 2.75) is 39.5 Å². The minimum Gasteiger partial charge on any atom is -0.444 e. The average molecular weight is 352 g/mol. The van der Waals surface area contributed by atoms with Crippen LogP contribution in [0, 0.1) is 6.92 Å². The Balaban J connectivity index is 2.18. The molecule has 2 rings (SSSR count). The van der Waals surface area contributed by atoms with E-state index in [1.165, 1.54) is 12.1 Å². The molecule has 0 atom stereocenters. The van der Waals surface area contributed by atoms with Gasteiger partial charge in [-0.15, -0.1) is 0 Å². The minimum atomic E-state index is -4.37. The molecule has 1 amide bonds. The van der Waals surface area contributed by atoms with Crippen LogP contribution in [0.4, 0.5) is 23.7 Å². The zero-order valence-corrected chi connectivity index (χ0v) is 14.4. The van der Waals surface area contributed by atoms with Gasteiger partial charge in [-0.1, -0.05) is 12.1 Å². The van der Waals surface area contributed by atoms with Crippen molar-refractivity contribution in [3.8, 4) is 11.3 Å². The monoisotopic (exact) mass is 352 g/mol. The van der Waals surface area contributed by atoms with Crippen LogP contribution >= 0.6 is 0 Å². The summed E-state index contributed by atoms with van der Waals surface area (Å²) in [5.41, 5.74) is 0.747. The number of ether oxygens (including phenoxy) is 1. The molecule has 25 heavy (non-hydrogen) atoms. The van der Waals surface area contributed by atoms with E-state index in [1.807, 2.05) is 0 Å². The first-order valence-electron chi connectivity index (χ1n) is 7.61. The summed E-state index contributed by atoms with van der Waals surface area (Å²) in [6, 6.07) is 8.02. The third-order valence-electron chi connectivity index (χ3n) is 3.23. The molecule has 2 aromatic rings. The highest BCUT2D eigenvalue weighted by molar-refractivity contribution is 5.85. The third kappa shape index (κ3) is 5.20. The number of nitrogens with zero attached hydrogens (tertiary/aromatic N) is 1. The summed E-state index contributed by atoms with van der Waals surface area (Å²) < 4.78 is 43.0. The van der Waals surface area contributed by atoms with Crippen LogP contribution < -0.4 is 5.32 Å². The average Bonchev–Trinajstić information content (AvgIpc) is 2.46. The van der Waals surface area contributed by atoms with Crippen molar-refractivity contribution < 1.29 is 22.7 Å². The summed E-state index contributed by atoms with van der Waals surface area (Å²) in [6.07, 6.45) is -4.97. The van der Waals surface area contributed by atoms with Gasteiger partial charge in [0.05, 0.1) is 22.6 Å². The quantitative estimate of drug-likeness (QED) is 0.785. The molecule has 0 unspecified atom stereocenters. The number of carbonyl (C=O) groups excluding carboxylic acids is 1. The number of halogens is 3. The van der Waals surface area contributed by atoms with Crippen LogP contribution in [0.2, 0.25) is 0 Å². The normalized spacial score (nSPS) is 12.0. The van der Waals surface area contributed by atoms with Crippen molar-refractivity contribution in [3.05, 3.63) is 47.7 Å². The highest BCUT2D eigenvalue weighted by Crippen LogP contribution is 2.31. The fourth-order valence-corrected chi connectivity index (χ4v) is 2.10. The number of aromatic nitrogens is 1. The number of hydrogen-bond donors (Lipinski definition) is 1. The summed E-state index contributed by atoms with van der Waals surface area (Å²) in [7, 11) is 0. The molecule has 1 N–H and O–H groups in total. The number of anilines is 1. The van der Waals surface area contributed by atoms with E-state index in [0.717, 1.165) is 12.1 Å². The molecule has 0 fully saturated rings. The lowest BCUT2D eigenvalue weighted by Crippen LogP contribution is -2.27. The Hall–Kier alpha value is -2.57. The number of amides is 1. The number of nitrogens with one attached hydrogen (secondary N) is 1. The number of carbonyl (C=O) groups is 1. The predicted octanol–water partition coefficient (Wildman–Crippen LogP) is 5.42. The van der Waals surface area contributed by atoms with E-state index in [1.54, 1.807) is 39.8 Å². The number of alkyl halides is 3. The van der Waals surface area contributed by atoms with Gasteiger partial charge in [-0.3, -0.25) is 10.3 Å². The molecular weight excluding hydrogens is 333 g/mol. The topological polar surface area (TPSA) is 51.2 Å². The number of pyridine rings is 1. The van der Waals surface area contributed by atoms with Gasteiger partial charge < -0.3 is 4.74 Å². The maximum Gasteiger partial charge on any atom is 0.416 e. The molecule has 1 aromatic carbocycles. The highest BCUT2D eigenvalue weighted by atomic mass is 19.4. The van der Waals surface area contributed by atoms with Gasteiger partial charge in [-0.05, 0) is 52.0 Å². The van der Waals surface area contributed by atoms with E-state index in [9.17, 15) is 18.0 Å². The van der Waals surface area contributed by atoms with Crippen LogP contribution in [0.3, 0.4) is 0 Å². The van der Waals surface area contributed by atoms with Gasteiger partial charge in [0.25, 0.3) is 0 Å². The molecule has 4 nitrogen and oxygen atoms in total. The van der Waals surface area contributed by atoms with Crippen molar-refractivity contribution >= 4 is 11.8 Å². The molecule has 0 aliphatic heterocycles. The maximum absolute atomic E-state index is 12.6. The molecule has 0 aliphatic carbocycles. The first-order chi connectivity index (χ1) is 11.5. The van der Waals surface area contributed by atoms with Gasteiger partial charge in [0.1, 0.15) is 5.60 Å². The molecule has 0 radical (unpaired) electrons. The van der Waals surface area contributed by atoms with E-state index < -0.39 is 23.4 Å². The molecular formula is C18H19F3N2O2. The second-order valence-corrected chi connectivity index (χ2v) is 6.53. The Bertz CT molecular complexity index is 763. The van der Waals surface area contributed by atoms with E-state index in [4.69, 9.17) is 4.74 Å². The van der Waals surface area contributed by atoms with Crippen LogP contribution in [0.1, 0.15) is 32.0 Å². The van der Waals surface area contributed by atoms with E-state index >= 15 is 0 Å². The third-order valence-corrected chi connectivity index (χ3v) is 3.23. The maximum atomic E-state index is 12.6. The molecule has 134 valence electrons. The zero-order valence-electron chi connectivity index (χ0n) is 14.4. The molecule has 0 saturated carbocycles. The Morgan fingerprint density at radius 1 is 1.04 bits per heavy atom. The second kappa shape index (κ2) is 6.74. The first-order valence-corrected chi connectivity index (χ1v) is 7.61. The van der Waals surface area contributed by atoms with Crippen LogP contribution in [-0.2, 0) is 10.9 Å². The SMILES string of the molecule is Cc1nc(-c2ccc(C(F)(F)F)cc2)ccc1NC(=O)OC(C)(C)C. The van der Waals surface area contributed by atoms with Crippen molar-refractivity contribution in [2.75, 3.05) is 5.32 Å². The van der Waals surface area contributed by atoms with Gasteiger partial charge in [-0.25, -0.2) is 4.79 Å². The molecule has 7 heteroatoms. The Morgan fingerprint density at radius 3 is 2.12 bits per heavy atom. The zero-order chi connectivity index (χ0) is 18.8. The molecule has 0 spiro atoms. The van der Waals surface area contributed by atoms with Crippen LogP contribution in [0.25, 0.3) is 11.3 Å². The van der Waals surface area contributed by atoms with E-state index in [-0.39, 0.29) is 0 Å². The molecule has 0 bridgehead atoms. The van der Waals surface area contributed by atoms with Crippen molar-refractivity contribution in [1.82, 2.24) is 4.98 Å². The van der Waals surface area contributed by atoms with Gasteiger partial charge in [0.2, 0.25) is 0 Å². The Labute approximate surface area is 144 Å². The summed E-state index contributed by atoms with van der Waals surface area (Å²) in [6.45, 7) is 6.96. The standard InChI is InChI=1S/C18H19F3N2O2/c1-11-14(23-16(24)25-17(2,3)4)9-10-15(22-11)12-5-7-13(8-6-12)18(19,20)21/h5-10H,1-4H3,(H,23,24). The summed E-state index contributed by atoms with van der Waals surface area (Å²) >= 11 is 0. The lowest BCUT2D eigenvalue weighted by molar-refractivity contribution is -0.137. The fourth-order valence-electron chi connectivity index (χ4n) is 2.10. The van der Waals surface area contributed by atoms with Gasteiger partial charge in [-0.2, -0.15) is 13.2 Å². The smallest absolute Gasteiger partial charge is 0.416 e. The number of hydrogen-bond acceptors (Lipinski definition) is 3. The minimum absolute atomic E-state index is 0.477. The number of benzene rings is 1.